The summed E-state index contributed by atoms with van der Waals surface area (Å²) in [5, 5.41) is 12.3. The Kier molecular flexibility index (Phi) is 3.06. The molecule has 1 aromatic rings. The first-order valence-electron chi connectivity index (χ1n) is 5.37. The summed E-state index contributed by atoms with van der Waals surface area (Å²) in [5.41, 5.74) is 6.61. The molecule has 0 fully saturated rings. The van der Waals surface area contributed by atoms with Crippen LogP contribution in [0.25, 0.3) is 0 Å². The zero-order valence-corrected chi connectivity index (χ0v) is 8.98. The molecule has 1 unspecified atom stereocenters. The fourth-order valence-electron chi connectivity index (χ4n) is 1.80. The highest BCUT2D eigenvalue weighted by molar-refractivity contribution is 5.57. The summed E-state index contributed by atoms with van der Waals surface area (Å²) in [6.07, 6.45) is 9.05. The van der Waals surface area contributed by atoms with E-state index in [0.29, 0.717) is 23.1 Å². The molecule has 3 N–H and O–H groups in total. The van der Waals surface area contributed by atoms with Crippen molar-refractivity contribution in [1.82, 2.24) is 4.98 Å². The highest BCUT2D eigenvalue weighted by atomic mass is 15.0. The van der Waals surface area contributed by atoms with Crippen LogP contribution in [0.2, 0.25) is 0 Å². The van der Waals surface area contributed by atoms with Crippen LogP contribution in [0.1, 0.15) is 24.8 Å². The summed E-state index contributed by atoms with van der Waals surface area (Å²) in [5.74, 6) is 0.636. The Morgan fingerprint density at radius 2 is 2.38 bits per heavy atom. The first-order valence-corrected chi connectivity index (χ1v) is 5.37. The molecular weight excluding hydrogens is 200 g/mol. The van der Waals surface area contributed by atoms with Gasteiger partial charge in [-0.3, -0.25) is 0 Å². The number of aromatic nitrogens is 1. The number of nitrogens with zero attached hydrogens (tertiary/aromatic N) is 2. The van der Waals surface area contributed by atoms with Crippen LogP contribution in [0.15, 0.2) is 24.4 Å². The highest BCUT2D eigenvalue weighted by Crippen LogP contribution is 2.19. The summed E-state index contributed by atoms with van der Waals surface area (Å²) >= 11 is 0. The molecule has 2 rings (SSSR count). The van der Waals surface area contributed by atoms with Crippen molar-refractivity contribution in [3.05, 3.63) is 30.0 Å². The van der Waals surface area contributed by atoms with Crippen molar-refractivity contribution in [2.24, 2.45) is 0 Å². The minimum absolute atomic E-state index is 0.369. The smallest absolute Gasteiger partial charge is 0.144 e. The Balaban J connectivity index is 2.15. The average Bonchev–Trinajstić information content (AvgIpc) is 2.33. The second-order valence-electron chi connectivity index (χ2n) is 3.90. The van der Waals surface area contributed by atoms with Crippen LogP contribution in [0.3, 0.4) is 0 Å². The van der Waals surface area contributed by atoms with Crippen LogP contribution in [-0.4, -0.2) is 11.0 Å². The van der Waals surface area contributed by atoms with Crippen LogP contribution in [-0.2, 0) is 0 Å². The number of nitrogens with two attached hydrogens (primary N) is 1. The number of hydrogen-bond donors (Lipinski definition) is 2. The van der Waals surface area contributed by atoms with Crippen LogP contribution < -0.4 is 11.1 Å². The Hall–Kier alpha value is -2.02. The van der Waals surface area contributed by atoms with E-state index in [4.69, 9.17) is 11.0 Å². The van der Waals surface area contributed by atoms with Crippen LogP contribution in [0.5, 0.6) is 0 Å². The number of allylic oxidation sites excluding steroid dienone is 1. The van der Waals surface area contributed by atoms with E-state index in [0.717, 1.165) is 19.3 Å². The second-order valence-corrected chi connectivity index (χ2v) is 3.90. The van der Waals surface area contributed by atoms with E-state index in [1.165, 1.54) is 0 Å². The zero-order chi connectivity index (χ0) is 11.4. The predicted molar refractivity (Wildman–Crippen MR) is 63.8 cm³/mol. The Bertz CT molecular complexity index is 445. The van der Waals surface area contributed by atoms with Gasteiger partial charge in [0, 0.05) is 6.04 Å². The maximum Gasteiger partial charge on any atom is 0.144 e. The minimum Gasteiger partial charge on any atom is -0.397 e. The van der Waals surface area contributed by atoms with Gasteiger partial charge in [-0.1, -0.05) is 12.2 Å². The van der Waals surface area contributed by atoms with Gasteiger partial charge in [-0.25, -0.2) is 4.98 Å². The molecule has 0 radical (unpaired) electrons. The van der Waals surface area contributed by atoms with Crippen molar-refractivity contribution in [1.29, 1.82) is 5.26 Å². The van der Waals surface area contributed by atoms with E-state index in [2.05, 4.69) is 28.5 Å². The molecule has 0 saturated carbocycles. The third-order valence-corrected chi connectivity index (χ3v) is 2.64. The fourth-order valence-corrected chi connectivity index (χ4v) is 1.80. The van der Waals surface area contributed by atoms with Crippen LogP contribution in [0, 0.1) is 11.3 Å². The van der Waals surface area contributed by atoms with Crippen molar-refractivity contribution in [2.45, 2.75) is 25.3 Å². The average molecular weight is 214 g/mol. The Morgan fingerprint density at radius 1 is 1.50 bits per heavy atom. The number of pyridine rings is 1. The van der Waals surface area contributed by atoms with Gasteiger partial charge < -0.3 is 11.1 Å². The second kappa shape index (κ2) is 4.67. The van der Waals surface area contributed by atoms with Crippen molar-refractivity contribution in [3.8, 4) is 6.07 Å². The van der Waals surface area contributed by atoms with Gasteiger partial charge in [0.15, 0.2) is 0 Å². The van der Waals surface area contributed by atoms with Gasteiger partial charge in [0.25, 0.3) is 0 Å². The molecule has 0 saturated heterocycles. The summed E-state index contributed by atoms with van der Waals surface area (Å²) < 4.78 is 0. The molecule has 4 heteroatoms. The monoisotopic (exact) mass is 214 g/mol. The first-order chi connectivity index (χ1) is 7.79. The molecule has 0 bridgehead atoms. The summed E-state index contributed by atoms with van der Waals surface area (Å²) in [6, 6.07) is 4.12. The highest BCUT2D eigenvalue weighted by Gasteiger charge is 2.12. The molecule has 16 heavy (non-hydrogen) atoms. The largest absolute Gasteiger partial charge is 0.397 e. The minimum atomic E-state index is 0.369. The van der Waals surface area contributed by atoms with Gasteiger partial charge in [-0.2, -0.15) is 5.26 Å². The lowest BCUT2D eigenvalue weighted by atomic mass is 10.0. The van der Waals surface area contributed by atoms with Crippen molar-refractivity contribution in [3.63, 3.8) is 0 Å². The van der Waals surface area contributed by atoms with Gasteiger partial charge in [0.2, 0.25) is 0 Å². The van der Waals surface area contributed by atoms with E-state index in [9.17, 15) is 0 Å². The lowest BCUT2D eigenvalue weighted by Crippen LogP contribution is -2.21. The third-order valence-electron chi connectivity index (χ3n) is 2.64. The molecule has 0 amide bonds. The Labute approximate surface area is 94.8 Å². The number of rotatable bonds is 2. The molecular formula is C12H14N4. The number of hydrogen-bond acceptors (Lipinski definition) is 4. The van der Waals surface area contributed by atoms with Crippen LogP contribution >= 0.6 is 0 Å². The topological polar surface area (TPSA) is 74.7 Å². The molecule has 1 aromatic heterocycles. The summed E-state index contributed by atoms with van der Waals surface area (Å²) in [6.45, 7) is 0. The predicted octanol–water partition coefficient (Wildman–Crippen LogP) is 2.06. The Morgan fingerprint density at radius 3 is 3.06 bits per heavy atom. The number of nitrogen functional groups attached to an aromatic ring is 1. The van der Waals surface area contributed by atoms with Crippen molar-refractivity contribution < 1.29 is 0 Å². The maximum atomic E-state index is 8.97. The molecule has 1 heterocycles. The van der Waals surface area contributed by atoms with Gasteiger partial charge in [0.1, 0.15) is 11.9 Å². The van der Waals surface area contributed by atoms with E-state index in [1.807, 2.05) is 0 Å². The van der Waals surface area contributed by atoms with E-state index >= 15 is 0 Å². The van der Waals surface area contributed by atoms with Crippen molar-refractivity contribution in [2.75, 3.05) is 11.1 Å². The number of anilines is 2. The molecule has 1 aliphatic carbocycles. The summed E-state index contributed by atoms with van der Waals surface area (Å²) in [4.78, 5) is 4.16. The van der Waals surface area contributed by atoms with Gasteiger partial charge >= 0.3 is 0 Å². The standard InChI is InChI=1S/C12H14N4/c13-7-9-6-10(14)8-15-12(9)16-11-4-2-1-3-5-11/h1-2,6,8,11H,3-5,14H2,(H,15,16). The van der Waals surface area contributed by atoms with Gasteiger partial charge in [0.05, 0.1) is 17.4 Å². The maximum absolute atomic E-state index is 8.97. The number of nitrogens with one attached hydrogen (secondary N) is 1. The van der Waals surface area contributed by atoms with Crippen LogP contribution in [0.4, 0.5) is 11.5 Å². The SMILES string of the molecule is N#Cc1cc(N)cnc1NC1CC=CCC1. The van der Waals surface area contributed by atoms with E-state index < -0.39 is 0 Å². The molecule has 0 aliphatic heterocycles. The van der Waals surface area contributed by atoms with E-state index in [1.54, 1.807) is 12.3 Å². The first kappa shape index (κ1) is 10.5. The molecule has 0 aromatic carbocycles. The molecule has 4 nitrogen and oxygen atoms in total. The van der Waals surface area contributed by atoms with Gasteiger partial charge in [-0.15, -0.1) is 0 Å². The molecule has 1 atom stereocenters. The van der Waals surface area contributed by atoms with Crippen molar-refractivity contribution >= 4 is 11.5 Å². The lowest BCUT2D eigenvalue weighted by Gasteiger charge is -2.20. The summed E-state index contributed by atoms with van der Waals surface area (Å²) in [7, 11) is 0. The molecule has 0 spiro atoms. The third kappa shape index (κ3) is 2.31. The fraction of sp³-hybridized carbons (Fsp3) is 0.333. The lowest BCUT2D eigenvalue weighted by molar-refractivity contribution is 0.642. The van der Waals surface area contributed by atoms with Gasteiger partial charge in [-0.05, 0) is 25.3 Å². The number of nitriles is 1. The molecule has 1 aliphatic rings. The normalized spacial score (nSPS) is 19.1. The molecule has 82 valence electrons. The quantitative estimate of drug-likeness (QED) is 0.739. The zero-order valence-electron chi connectivity index (χ0n) is 8.98. The van der Waals surface area contributed by atoms with E-state index in [-0.39, 0.29) is 0 Å².